The van der Waals surface area contributed by atoms with Crippen LogP contribution in [-0.2, 0) is 0 Å². The van der Waals surface area contributed by atoms with Gasteiger partial charge in [-0.2, -0.15) is 0 Å². The number of benzene rings is 6. The number of rotatable bonds is 3. The SMILES string of the molecule is c1ccc(N(c2ccccc2)c2cc3[nH]c4cccc5c4c3c3c2ccc2[nH]c4cccc-5c4c23)cc1. The maximum Gasteiger partial charge on any atom is 0.0561 e. The first-order valence-electron chi connectivity index (χ1n) is 12.7. The lowest BCUT2D eigenvalue weighted by Crippen LogP contribution is -2.10. The molecule has 0 saturated heterocycles. The summed E-state index contributed by atoms with van der Waals surface area (Å²) in [5, 5.41) is 7.83. The van der Waals surface area contributed by atoms with E-state index >= 15 is 0 Å². The summed E-state index contributed by atoms with van der Waals surface area (Å²) in [5.74, 6) is 0. The molecule has 3 heteroatoms. The standard InChI is InChI=1S/C34H21N3/c1-3-9-20(10-4-1)37(21-11-5-2-6-12-21)29-19-28-34-31-23(14-8-16-26(31)36-28)22-13-7-15-25-30(22)33-27(35-25)18-17-24(29)32(33)34/h1-19,35-36H. The lowest BCUT2D eigenvalue weighted by Gasteiger charge is -2.27. The summed E-state index contributed by atoms with van der Waals surface area (Å²) >= 11 is 0. The smallest absolute Gasteiger partial charge is 0.0561 e. The van der Waals surface area contributed by atoms with Gasteiger partial charge in [-0.05, 0) is 59.7 Å². The number of para-hydroxylation sites is 2. The number of hydrogen-bond donors (Lipinski definition) is 2. The second kappa shape index (κ2) is 6.80. The van der Waals surface area contributed by atoms with Crippen LogP contribution in [0.4, 0.5) is 17.1 Å². The van der Waals surface area contributed by atoms with Gasteiger partial charge in [-0.1, -0.05) is 66.7 Å². The van der Waals surface area contributed by atoms with Crippen molar-refractivity contribution < 1.29 is 0 Å². The Morgan fingerprint density at radius 2 is 0.946 bits per heavy atom. The lowest BCUT2D eigenvalue weighted by molar-refractivity contribution is 1.30. The first kappa shape index (κ1) is 19.2. The fraction of sp³-hybridized carbons (Fsp3) is 0. The summed E-state index contributed by atoms with van der Waals surface area (Å²) in [6.07, 6.45) is 0. The third-order valence-corrected chi connectivity index (χ3v) is 8.01. The van der Waals surface area contributed by atoms with E-state index < -0.39 is 0 Å². The Balaban J connectivity index is 1.55. The zero-order valence-electron chi connectivity index (χ0n) is 19.9. The number of aromatic nitrogens is 2. The van der Waals surface area contributed by atoms with Gasteiger partial charge in [0.1, 0.15) is 0 Å². The van der Waals surface area contributed by atoms with Crippen molar-refractivity contribution in [3.8, 4) is 11.1 Å². The number of nitrogens with zero attached hydrogens (tertiary/aromatic N) is 1. The molecule has 9 rings (SSSR count). The van der Waals surface area contributed by atoms with Crippen LogP contribution >= 0.6 is 0 Å². The van der Waals surface area contributed by atoms with E-state index in [4.69, 9.17) is 0 Å². The predicted octanol–water partition coefficient (Wildman–Crippen LogP) is 9.56. The molecule has 0 fully saturated rings. The van der Waals surface area contributed by atoms with Crippen LogP contribution in [0.5, 0.6) is 0 Å². The monoisotopic (exact) mass is 471 g/mol. The second-order valence-electron chi connectivity index (χ2n) is 9.94. The highest BCUT2D eigenvalue weighted by Crippen LogP contribution is 2.51. The Kier molecular flexibility index (Phi) is 3.53. The number of anilines is 3. The van der Waals surface area contributed by atoms with Gasteiger partial charge < -0.3 is 14.9 Å². The van der Waals surface area contributed by atoms with E-state index in [1.165, 1.54) is 65.7 Å². The normalized spacial score (nSPS) is 12.3. The molecule has 8 aromatic rings. The molecule has 0 amide bonds. The van der Waals surface area contributed by atoms with Crippen LogP contribution in [0.1, 0.15) is 0 Å². The maximum atomic E-state index is 3.79. The van der Waals surface area contributed by atoms with E-state index in [0.29, 0.717) is 0 Å². The average molecular weight is 472 g/mol. The van der Waals surface area contributed by atoms with Crippen molar-refractivity contribution in [2.75, 3.05) is 4.90 Å². The quantitative estimate of drug-likeness (QED) is 0.264. The van der Waals surface area contributed by atoms with Crippen LogP contribution in [0.15, 0.2) is 115 Å². The molecule has 2 aromatic heterocycles. The molecule has 172 valence electrons. The summed E-state index contributed by atoms with van der Waals surface area (Å²) in [5.41, 5.74) is 10.8. The highest BCUT2D eigenvalue weighted by atomic mass is 15.1. The van der Waals surface area contributed by atoms with Gasteiger partial charge in [0.2, 0.25) is 0 Å². The van der Waals surface area contributed by atoms with Gasteiger partial charge in [-0.3, -0.25) is 0 Å². The van der Waals surface area contributed by atoms with Crippen LogP contribution in [0.3, 0.4) is 0 Å². The van der Waals surface area contributed by atoms with Crippen LogP contribution in [0.25, 0.3) is 65.5 Å². The first-order chi connectivity index (χ1) is 18.4. The molecule has 0 aliphatic heterocycles. The van der Waals surface area contributed by atoms with Gasteiger partial charge in [0.05, 0.1) is 5.69 Å². The van der Waals surface area contributed by atoms with E-state index in [2.05, 4.69) is 130 Å². The van der Waals surface area contributed by atoms with E-state index in [9.17, 15) is 0 Å². The molecule has 0 radical (unpaired) electrons. The summed E-state index contributed by atoms with van der Waals surface area (Å²) < 4.78 is 0. The highest BCUT2D eigenvalue weighted by molar-refractivity contribution is 6.39. The number of fused-ring (bicyclic) bond motifs is 1. The molecule has 0 bridgehead atoms. The summed E-state index contributed by atoms with van der Waals surface area (Å²) in [4.78, 5) is 9.89. The Morgan fingerprint density at radius 1 is 0.405 bits per heavy atom. The minimum absolute atomic E-state index is 1.14. The third-order valence-electron chi connectivity index (χ3n) is 8.01. The summed E-state index contributed by atoms with van der Waals surface area (Å²) in [6.45, 7) is 0. The molecule has 0 unspecified atom stereocenters. The second-order valence-corrected chi connectivity index (χ2v) is 9.94. The van der Waals surface area contributed by atoms with Crippen molar-refractivity contribution in [1.82, 2.24) is 9.97 Å². The molecule has 0 saturated carbocycles. The first-order valence-corrected chi connectivity index (χ1v) is 12.7. The molecule has 3 nitrogen and oxygen atoms in total. The molecule has 1 aliphatic rings. The summed E-state index contributed by atoms with van der Waals surface area (Å²) in [6, 6.07) is 41.5. The Bertz CT molecular complexity index is 2120. The number of H-pyrrole nitrogens is 2. The van der Waals surface area contributed by atoms with Crippen molar-refractivity contribution in [2.45, 2.75) is 0 Å². The molecule has 6 aromatic carbocycles. The number of aromatic amines is 2. The Hall–Kier alpha value is -5.02. The molecule has 37 heavy (non-hydrogen) atoms. The number of nitrogens with one attached hydrogen (secondary N) is 2. The van der Waals surface area contributed by atoms with Crippen LogP contribution in [-0.4, -0.2) is 9.97 Å². The summed E-state index contributed by atoms with van der Waals surface area (Å²) in [7, 11) is 0. The van der Waals surface area contributed by atoms with E-state index in [0.717, 1.165) is 16.9 Å². The van der Waals surface area contributed by atoms with Gasteiger partial charge in [0.15, 0.2) is 0 Å². The Morgan fingerprint density at radius 3 is 1.57 bits per heavy atom. The third kappa shape index (κ3) is 2.41. The van der Waals surface area contributed by atoms with Gasteiger partial charge in [-0.25, -0.2) is 0 Å². The predicted molar refractivity (Wildman–Crippen MR) is 156 cm³/mol. The van der Waals surface area contributed by atoms with Crippen molar-refractivity contribution >= 4 is 71.4 Å². The van der Waals surface area contributed by atoms with Gasteiger partial charge >= 0.3 is 0 Å². The average Bonchev–Trinajstić information content (AvgIpc) is 3.48. The molecule has 1 aliphatic carbocycles. The van der Waals surface area contributed by atoms with Crippen molar-refractivity contribution in [3.05, 3.63) is 115 Å². The minimum Gasteiger partial charge on any atom is -0.354 e. The molecule has 2 N–H and O–H groups in total. The van der Waals surface area contributed by atoms with Gasteiger partial charge in [0, 0.05) is 65.8 Å². The highest BCUT2D eigenvalue weighted by Gasteiger charge is 2.26. The zero-order valence-corrected chi connectivity index (χ0v) is 19.9. The Labute approximate surface area is 212 Å². The van der Waals surface area contributed by atoms with Crippen LogP contribution in [0.2, 0.25) is 0 Å². The zero-order chi connectivity index (χ0) is 24.1. The van der Waals surface area contributed by atoms with Gasteiger partial charge in [-0.15, -0.1) is 0 Å². The molecule has 0 atom stereocenters. The fourth-order valence-electron chi connectivity index (χ4n) is 6.58. The minimum atomic E-state index is 1.14. The fourth-order valence-corrected chi connectivity index (χ4v) is 6.58. The van der Waals surface area contributed by atoms with E-state index in [1.807, 2.05) is 0 Å². The van der Waals surface area contributed by atoms with Crippen molar-refractivity contribution in [3.63, 3.8) is 0 Å². The molecule has 2 heterocycles. The number of hydrogen-bond acceptors (Lipinski definition) is 1. The molecule has 0 spiro atoms. The van der Waals surface area contributed by atoms with Gasteiger partial charge in [0.25, 0.3) is 0 Å². The molecular weight excluding hydrogens is 450 g/mol. The molecular formula is C34H21N3. The largest absolute Gasteiger partial charge is 0.354 e. The van der Waals surface area contributed by atoms with E-state index in [-0.39, 0.29) is 0 Å². The van der Waals surface area contributed by atoms with Crippen LogP contribution < -0.4 is 4.90 Å². The van der Waals surface area contributed by atoms with Crippen LogP contribution in [0, 0.1) is 0 Å². The maximum absolute atomic E-state index is 3.79. The lowest BCUT2D eigenvalue weighted by atomic mass is 9.97. The van der Waals surface area contributed by atoms with E-state index in [1.54, 1.807) is 0 Å². The van der Waals surface area contributed by atoms with Crippen molar-refractivity contribution in [1.29, 1.82) is 0 Å². The topological polar surface area (TPSA) is 34.8 Å². The van der Waals surface area contributed by atoms with Crippen molar-refractivity contribution in [2.24, 2.45) is 0 Å².